The number of guanidine groups is 1. The van der Waals surface area contributed by atoms with Gasteiger partial charge in [0.15, 0.2) is 5.96 Å². The van der Waals surface area contributed by atoms with Gasteiger partial charge in [-0.2, -0.15) is 0 Å². The highest BCUT2D eigenvalue weighted by Crippen LogP contribution is 2.25. The molecule has 22 heavy (non-hydrogen) atoms. The van der Waals surface area contributed by atoms with E-state index in [1.54, 1.807) is 0 Å². The molecule has 114 valence electrons. The number of nitrogens with zero attached hydrogens (tertiary/aromatic N) is 1. The molecule has 0 saturated carbocycles. The summed E-state index contributed by atoms with van der Waals surface area (Å²) < 4.78 is 0. The molecule has 0 aliphatic heterocycles. The van der Waals surface area contributed by atoms with E-state index in [-0.39, 0.29) is 0 Å². The summed E-state index contributed by atoms with van der Waals surface area (Å²) in [5.41, 5.74) is 10.2. The Morgan fingerprint density at radius 2 is 1.86 bits per heavy atom. The van der Waals surface area contributed by atoms with Crippen LogP contribution in [-0.2, 0) is 6.54 Å². The zero-order chi connectivity index (χ0) is 15.9. The van der Waals surface area contributed by atoms with Crippen molar-refractivity contribution in [2.45, 2.75) is 13.5 Å². The van der Waals surface area contributed by atoms with Crippen LogP contribution in [0.1, 0.15) is 12.5 Å². The maximum Gasteiger partial charge on any atom is 0.189 e. The number of hydrogen-bond donors (Lipinski definition) is 2. The predicted octanol–water partition coefficient (Wildman–Crippen LogP) is 3.99. The SMILES string of the molecule is C=C(C)CNC(N)=NCc1ccccc1-c1ccc(Cl)cc1. The maximum atomic E-state index is 5.95. The van der Waals surface area contributed by atoms with E-state index in [1.165, 1.54) is 0 Å². The van der Waals surface area contributed by atoms with Gasteiger partial charge < -0.3 is 11.1 Å². The minimum absolute atomic E-state index is 0.425. The molecule has 0 aromatic heterocycles. The molecule has 0 atom stereocenters. The molecule has 3 nitrogen and oxygen atoms in total. The molecule has 3 N–H and O–H groups in total. The predicted molar refractivity (Wildman–Crippen MR) is 95.0 cm³/mol. The number of hydrogen-bond acceptors (Lipinski definition) is 1. The van der Waals surface area contributed by atoms with Gasteiger partial charge in [-0.3, -0.25) is 0 Å². The van der Waals surface area contributed by atoms with Gasteiger partial charge in [-0.15, -0.1) is 0 Å². The lowest BCUT2D eigenvalue weighted by atomic mass is 10.00. The fraction of sp³-hybridized carbons (Fsp3) is 0.167. The van der Waals surface area contributed by atoms with E-state index in [4.69, 9.17) is 17.3 Å². The van der Waals surface area contributed by atoms with Crippen LogP contribution in [0.5, 0.6) is 0 Å². The number of nitrogens with one attached hydrogen (secondary N) is 1. The van der Waals surface area contributed by atoms with Crippen molar-refractivity contribution in [2.24, 2.45) is 10.7 Å². The van der Waals surface area contributed by atoms with E-state index in [2.05, 4.69) is 29.0 Å². The molecule has 4 heteroatoms. The molecule has 0 unspecified atom stereocenters. The Bertz CT molecular complexity index is 675. The molecule has 0 aliphatic carbocycles. The summed E-state index contributed by atoms with van der Waals surface area (Å²) in [6.07, 6.45) is 0. The zero-order valence-electron chi connectivity index (χ0n) is 12.6. The molecule has 0 heterocycles. The number of rotatable bonds is 5. The van der Waals surface area contributed by atoms with E-state index >= 15 is 0 Å². The lowest BCUT2D eigenvalue weighted by molar-refractivity contribution is 0.941. The molecule has 0 bridgehead atoms. The van der Waals surface area contributed by atoms with Gasteiger partial charge in [0, 0.05) is 11.6 Å². The van der Waals surface area contributed by atoms with Crippen LogP contribution in [0, 0.1) is 0 Å². The maximum absolute atomic E-state index is 5.95. The van der Waals surface area contributed by atoms with E-state index in [0.29, 0.717) is 19.0 Å². The average Bonchev–Trinajstić information content (AvgIpc) is 2.52. The topological polar surface area (TPSA) is 50.4 Å². The Morgan fingerprint density at radius 3 is 2.55 bits per heavy atom. The number of aliphatic imine (C=N–C) groups is 1. The highest BCUT2D eigenvalue weighted by molar-refractivity contribution is 6.30. The van der Waals surface area contributed by atoms with E-state index in [9.17, 15) is 0 Å². The Hall–Kier alpha value is -2.26. The van der Waals surface area contributed by atoms with E-state index in [1.807, 2.05) is 43.3 Å². The van der Waals surface area contributed by atoms with Crippen LogP contribution in [0.15, 0.2) is 65.7 Å². The lowest BCUT2D eigenvalue weighted by Crippen LogP contribution is -2.32. The third-order valence-electron chi connectivity index (χ3n) is 3.16. The van der Waals surface area contributed by atoms with Crippen molar-refractivity contribution in [3.05, 3.63) is 71.3 Å². The quantitative estimate of drug-likeness (QED) is 0.498. The van der Waals surface area contributed by atoms with Gasteiger partial charge in [0.25, 0.3) is 0 Å². The first-order chi connectivity index (χ1) is 10.6. The van der Waals surface area contributed by atoms with Crippen molar-refractivity contribution in [3.63, 3.8) is 0 Å². The second kappa shape index (κ2) is 7.66. The van der Waals surface area contributed by atoms with Crippen molar-refractivity contribution in [1.82, 2.24) is 5.32 Å². The van der Waals surface area contributed by atoms with Crippen LogP contribution in [0.2, 0.25) is 5.02 Å². The van der Waals surface area contributed by atoms with Gasteiger partial charge in [0.05, 0.1) is 6.54 Å². The Labute approximate surface area is 136 Å². The zero-order valence-corrected chi connectivity index (χ0v) is 13.4. The standard InChI is InChI=1S/C18H20ClN3/c1-13(2)11-21-18(20)22-12-15-5-3-4-6-17(15)14-7-9-16(19)10-8-14/h3-10H,1,11-12H2,2H3,(H3,20,21,22). The molecule has 0 saturated heterocycles. The van der Waals surface area contributed by atoms with E-state index in [0.717, 1.165) is 27.3 Å². The number of benzene rings is 2. The molecular formula is C18H20ClN3. The van der Waals surface area contributed by atoms with Crippen molar-refractivity contribution in [1.29, 1.82) is 0 Å². The summed E-state index contributed by atoms with van der Waals surface area (Å²) in [4.78, 5) is 4.39. The normalized spacial score (nSPS) is 11.3. The van der Waals surface area contributed by atoms with Crippen molar-refractivity contribution < 1.29 is 0 Å². The summed E-state index contributed by atoms with van der Waals surface area (Å²) in [6.45, 7) is 6.92. The number of nitrogens with two attached hydrogens (primary N) is 1. The van der Waals surface area contributed by atoms with Crippen molar-refractivity contribution >= 4 is 17.6 Å². The second-order valence-corrected chi connectivity index (χ2v) is 5.61. The van der Waals surface area contributed by atoms with Gasteiger partial charge in [-0.05, 0) is 35.7 Å². The summed E-state index contributed by atoms with van der Waals surface area (Å²) in [5, 5.41) is 3.76. The van der Waals surface area contributed by atoms with E-state index < -0.39 is 0 Å². The molecule has 0 radical (unpaired) electrons. The summed E-state index contributed by atoms with van der Waals surface area (Å²) in [6, 6.07) is 15.9. The summed E-state index contributed by atoms with van der Waals surface area (Å²) in [7, 11) is 0. The van der Waals surface area contributed by atoms with Crippen molar-refractivity contribution in [3.8, 4) is 11.1 Å². The Balaban J connectivity index is 2.16. The van der Waals surface area contributed by atoms with Crippen LogP contribution >= 0.6 is 11.6 Å². The fourth-order valence-electron chi connectivity index (χ4n) is 2.04. The highest BCUT2D eigenvalue weighted by atomic mass is 35.5. The largest absolute Gasteiger partial charge is 0.370 e. The van der Waals surface area contributed by atoms with Crippen LogP contribution in [-0.4, -0.2) is 12.5 Å². The average molecular weight is 314 g/mol. The Kier molecular flexibility index (Phi) is 5.61. The van der Waals surface area contributed by atoms with Crippen molar-refractivity contribution in [2.75, 3.05) is 6.54 Å². The summed E-state index contributed by atoms with van der Waals surface area (Å²) >= 11 is 5.95. The fourth-order valence-corrected chi connectivity index (χ4v) is 2.16. The Morgan fingerprint density at radius 1 is 1.18 bits per heavy atom. The van der Waals surface area contributed by atoms with Gasteiger partial charge in [0.1, 0.15) is 0 Å². The third kappa shape index (κ3) is 4.64. The summed E-state index contributed by atoms with van der Waals surface area (Å²) in [5.74, 6) is 0.425. The lowest BCUT2D eigenvalue weighted by Gasteiger charge is -2.09. The van der Waals surface area contributed by atoms with Crippen LogP contribution in [0.25, 0.3) is 11.1 Å². The first kappa shape index (κ1) is 16.1. The molecular weight excluding hydrogens is 294 g/mol. The van der Waals surface area contributed by atoms with Crippen LogP contribution in [0.3, 0.4) is 0 Å². The van der Waals surface area contributed by atoms with Gasteiger partial charge in [0.2, 0.25) is 0 Å². The molecule has 0 aliphatic rings. The first-order valence-electron chi connectivity index (χ1n) is 7.08. The first-order valence-corrected chi connectivity index (χ1v) is 7.46. The molecule has 0 spiro atoms. The molecule has 2 rings (SSSR count). The minimum Gasteiger partial charge on any atom is -0.370 e. The highest BCUT2D eigenvalue weighted by Gasteiger charge is 2.04. The van der Waals surface area contributed by atoms with Crippen LogP contribution < -0.4 is 11.1 Å². The molecule has 2 aromatic carbocycles. The van der Waals surface area contributed by atoms with Gasteiger partial charge in [-0.25, -0.2) is 4.99 Å². The van der Waals surface area contributed by atoms with Crippen LogP contribution in [0.4, 0.5) is 0 Å². The van der Waals surface area contributed by atoms with Gasteiger partial charge >= 0.3 is 0 Å². The molecule has 2 aromatic rings. The second-order valence-electron chi connectivity index (χ2n) is 5.18. The molecule has 0 fully saturated rings. The monoisotopic (exact) mass is 313 g/mol. The molecule has 0 amide bonds. The smallest absolute Gasteiger partial charge is 0.189 e. The number of halogens is 1. The third-order valence-corrected chi connectivity index (χ3v) is 3.42. The minimum atomic E-state index is 0.425. The van der Waals surface area contributed by atoms with Gasteiger partial charge in [-0.1, -0.05) is 60.2 Å².